The molecule has 0 aliphatic carbocycles. The smallest absolute Gasteiger partial charge is 0.0969 e. The first kappa shape index (κ1) is 13.7. The van der Waals surface area contributed by atoms with Crippen molar-refractivity contribution in [3.8, 4) is 5.69 Å². The second-order valence-electron chi connectivity index (χ2n) is 4.19. The van der Waals surface area contributed by atoms with Crippen LogP contribution in [0, 0.1) is 0 Å². The van der Waals surface area contributed by atoms with Crippen LogP contribution in [0.3, 0.4) is 0 Å². The molecule has 1 aromatic carbocycles. The zero-order valence-electron chi connectivity index (χ0n) is 11.2. The van der Waals surface area contributed by atoms with Gasteiger partial charge in [0.2, 0.25) is 0 Å². The Kier molecular flexibility index (Phi) is 5.52. The zero-order chi connectivity index (χ0) is 13.3. The van der Waals surface area contributed by atoms with Crippen LogP contribution in [0.5, 0.6) is 0 Å². The van der Waals surface area contributed by atoms with E-state index < -0.39 is 0 Å². The molecule has 5 heteroatoms. The van der Waals surface area contributed by atoms with Crippen molar-refractivity contribution in [2.24, 2.45) is 0 Å². The molecule has 0 radical (unpaired) electrons. The highest BCUT2D eigenvalue weighted by atomic mass is 16.5. The molecular weight excluding hydrogens is 240 g/mol. The third-order valence-corrected chi connectivity index (χ3v) is 2.68. The average molecular weight is 260 g/mol. The molecule has 0 aliphatic rings. The Morgan fingerprint density at radius 1 is 1.26 bits per heavy atom. The van der Waals surface area contributed by atoms with Crippen LogP contribution in [-0.2, 0) is 11.3 Å². The molecule has 0 fully saturated rings. The van der Waals surface area contributed by atoms with Crippen LogP contribution in [0.2, 0.25) is 0 Å². The molecular formula is C14H20N4O. The molecule has 0 amide bonds. The summed E-state index contributed by atoms with van der Waals surface area (Å²) in [4.78, 5) is 1.65. The Balaban J connectivity index is 1.75. The number of nitrogens with one attached hydrogen (secondary N) is 1. The molecule has 0 aliphatic heterocycles. The number of aromatic nitrogens is 3. The first-order valence-electron chi connectivity index (χ1n) is 6.65. The highest BCUT2D eigenvalue weighted by Gasteiger charge is 2.01. The van der Waals surface area contributed by atoms with E-state index >= 15 is 0 Å². The van der Waals surface area contributed by atoms with Gasteiger partial charge in [-0.2, -0.15) is 15.0 Å². The van der Waals surface area contributed by atoms with Crippen LogP contribution in [-0.4, -0.2) is 34.8 Å². The van der Waals surface area contributed by atoms with Crippen LogP contribution in [0.1, 0.15) is 19.0 Å². The van der Waals surface area contributed by atoms with Gasteiger partial charge in [-0.3, -0.25) is 0 Å². The van der Waals surface area contributed by atoms with Crippen molar-refractivity contribution in [3.05, 3.63) is 42.2 Å². The molecule has 1 aromatic heterocycles. The van der Waals surface area contributed by atoms with E-state index in [1.807, 2.05) is 37.3 Å². The third-order valence-electron chi connectivity index (χ3n) is 2.68. The standard InChI is InChI=1S/C14H20N4O/c1-2-19-10-6-9-15-11-13-12-16-18(17-13)14-7-4-3-5-8-14/h3-5,7-8,12,15H,2,6,9-11H2,1H3. The first-order valence-corrected chi connectivity index (χ1v) is 6.65. The quantitative estimate of drug-likeness (QED) is 0.735. The van der Waals surface area contributed by atoms with E-state index in [2.05, 4.69) is 15.5 Å². The zero-order valence-corrected chi connectivity index (χ0v) is 11.2. The van der Waals surface area contributed by atoms with Gasteiger partial charge in [0.1, 0.15) is 0 Å². The summed E-state index contributed by atoms with van der Waals surface area (Å²) in [7, 11) is 0. The van der Waals surface area contributed by atoms with E-state index in [1.165, 1.54) is 0 Å². The lowest BCUT2D eigenvalue weighted by molar-refractivity contribution is 0.144. The van der Waals surface area contributed by atoms with Crippen molar-refractivity contribution in [1.29, 1.82) is 0 Å². The maximum absolute atomic E-state index is 5.28. The fourth-order valence-electron chi connectivity index (χ4n) is 1.72. The van der Waals surface area contributed by atoms with Crippen LogP contribution in [0.15, 0.2) is 36.5 Å². The molecule has 5 nitrogen and oxygen atoms in total. The van der Waals surface area contributed by atoms with E-state index in [1.54, 1.807) is 11.0 Å². The number of para-hydroxylation sites is 1. The van der Waals surface area contributed by atoms with E-state index in [-0.39, 0.29) is 0 Å². The van der Waals surface area contributed by atoms with Gasteiger partial charge >= 0.3 is 0 Å². The van der Waals surface area contributed by atoms with Crippen molar-refractivity contribution >= 4 is 0 Å². The maximum atomic E-state index is 5.28. The topological polar surface area (TPSA) is 52.0 Å². The van der Waals surface area contributed by atoms with Gasteiger partial charge in [0, 0.05) is 19.8 Å². The van der Waals surface area contributed by atoms with Crippen LogP contribution < -0.4 is 5.32 Å². The molecule has 0 saturated heterocycles. The lowest BCUT2D eigenvalue weighted by Crippen LogP contribution is -2.16. The highest BCUT2D eigenvalue weighted by molar-refractivity contribution is 5.28. The van der Waals surface area contributed by atoms with E-state index in [0.717, 1.165) is 44.1 Å². The molecule has 0 unspecified atom stereocenters. The fraction of sp³-hybridized carbons (Fsp3) is 0.429. The van der Waals surface area contributed by atoms with Gasteiger partial charge in [-0.25, -0.2) is 0 Å². The molecule has 0 saturated carbocycles. The number of rotatable bonds is 8. The van der Waals surface area contributed by atoms with Gasteiger partial charge in [0.05, 0.1) is 17.6 Å². The molecule has 2 aromatic rings. The van der Waals surface area contributed by atoms with Crippen LogP contribution >= 0.6 is 0 Å². The Bertz CT molecular complexity index is 469. The van der Waals surface area contributed by atoms with Crippen LogP contribution in [0.25, 0.3) is 5.69 Å². The SMILES string of the molecule is CCOCCCNCc1cnn(-c2ccccc2)n1. The van der Waals surface area contributed by atoms with Crippen molar-refractivity contribution in [3.63, 3.8) is 0 Å². The summed E-state index contributed by atoms with van der Waals surface area (Å²) in [6.45, 7) is 5.26. The number of hydrogen-bond acceptors (Lipinski definition) is 4. The largest absolute Gasteiger partial charge is 0.382 e. The summed E-state index contributed by atoms with van der Waals surface area (Å²) in [5.41, 5.74) is 1.92. The normalized spacial score (nSPS) is 10.8. The Morgan fingerprint density at radius 3 is 2.89 bits per heavy atom. The number of ether oxygens (including phenoxy) is 1. The predicted octanol–water partition coefficient (Wildman–Crippen LogP) is 1.78. The van der Waals surface area contributed by atoms with Gasteiger partial charge < -0.3 is 10.1 Å². The van der Waals surface area contributed by atoms with E-state index in [0.29, 0.717) is 0 Å². The first-order chi connectivity index (χ1) is 9.40. The number of benzene rings is 1. The predicted molar refractivity (Wildman–Crippen MR) is 74.2 cm³/mol. The average Bonchev–Trinajstić information content (AvgIpc) is 2.92. The number of nitrogens with zero attached hydrogens (tertiary/aromatic N) is 3. The summed E-state index contributed by atoms with van der Waals surface area (Å²) in [5.74, 6) is 0. The fourth-order valence-corrected chi connectivity index (χ4v) is 1.72. The second kappa shape index (κ2) is 7.66. The van der Waals surface area contributed by atoms with Crippen molar-refractivity contribution in [1.82, 2.24) is 20.3 Å². The lowest BCUT2D eigenvalue weighted by atomic mass is 10.3. The van der Waals surface area contributed by atoms with E-state index in [4.69, 9.17) is 4.74 Å². The summed E-state index contributed by atoms with van der Waals surface area (Å²) >= 11 is 0. The van der Waals surface area contributed by atoms with Gasteiger partial charge in [-0.05, 0) is 32.0 Å². The summed E-state index contributed by atoms with van der Waals surface area (Å²) in [6.07, 6.45) is 2.81. The van der Waals surface area contributed by atoms with Gasteiger partial charge in [0.25, 0.3) is 0 Å². The summed E-state index contributed by atoms with van der Waals surface area (Å²) < 4.78 is 5.28. The Morgan fingerprint density at radius 2 is 2.11 bits per heavy atom. The van der Waals surface area contributed by atoms with Crippen molar-refractivity contribution in [2.75, 3.05) is 19.8 Å². The Hall–Kier alpha value is -1.72. The minimum Gasteiger partial charge on any atom is -0.382 e. The molecule has 0 spiro atoms. The third kappa shape index (κ3) is 4.46. The molecule has 1 heterocycles. The molecule has 102 valence electrons. The van der Waals surface area contributed by atoms with Crippen molar-refractivity contribution in [2.45, 2.75) is 19.9 Å². The van der Waals surface area contributed by atoms with Crippen LogP contribution in [0.4, 0.5) is 0 Å². The summed E-state index contributed by atoms with van der Waals surface area (Å²) in [6, 6.07) is 9.90. The molecule has 19 heavy (non-hydrogen) atoms. The molecule has 0 bridgehead atoms. The molecule has 1 N–H and O–H groups in total. The number of hydrogen-bond donors (Lipinski definition) is 1. The molecule has 0 atom stereocenters. The minimum atomic E-state index is 0.735. The Labute approximate surface area is 113 Å². The van der Waals surface area contributed by atoms with Gasteiger partial charge in [-0.1, -0.05) is 18.2 Å². The highest BCUT2D eigenvalue weighted by Crippen LogP contribution is 2.03. The lowest BCUT2D eigenvalue weighted by Gasteiger charge is -2.02. The van der Waals surface area contributed by atoms with E-state index in [9.17, 15) is 0 Å². The molecule has 2 rings (SSSR count). The second-order valence-corrected chi connectivity index (χ2v) is 4.19. The van der Waals surface area contributed by atoms with Gasteiger partial charge in [0.15, 0.2) is 0 Å². The maximum Gasteiger partial charge on any atom is 0.0969 e. The van der Waals surface area contributed by atoms with Crippen molar-refractivity contribution < 1.29 is 4.74 Å². The monoisotopic (exact) mass is 260 g/mol. The van der Waals surface area contributed by atoms with Gasteiger partial charge in [-0.15, -0.1) is 0 Å². The minimum absolute atomic E-state index is 0.735. The summed E-state index contributed by atoms with van der Waals surface area (Å²) in [5, 5.41) is 12.0.